The summed E-state index contributed by atoms with van der Waals surface area (Å²) in [6.45, 7) is 6.52. The van der Waals surface area contributed by atoms with Crippen LogP contribution in [0.3, 0.4) is 0 Å². The Hall–Kier alpha value is -2.63. The molecule has 0 rings (SSSR count). The van der Waals surface area contributed by atoms with E-state index in [1.165, 1.54) is 193 Å². The minimum Gasteiger partial charge on any atom is -0.462 e. The number of rotatable bonds is 55. The lowest BCUT2D eigenvalue weighted by atomic mass is 10.0. The molecule has 0 amide bonds. The zero-order chi connectivity index (χ0) is 50.0. The zero-order valence-electron chi connectivity index (χ0n) is 46.1. The summed E-state index contributed by atoms with van der Waals surface area (Å²) in [5.41, 5.74) is 0. The molecular formula is C63H114O6. The van der Waals surface area contributed by atoms with Crippen LogP contribution in [-0.2, 0) is 28.6 Å². The summed E-state index contributed by atoms with van der Waals surface area (Å²) in [6, 6.07) is 0. The summed E-state index contributed by atoms with van der Waals surface area (Å²) in [5.74, 6) is -0.914. The molecule has 1 unspecified atom stereocenters. The largest absolute Gasteiger partial charge is 0.462 e. The molecular weight excluding hydrogens is 853 g/mol. The van der Waals surface area contributed by atoms with Crippen molar-refractivity contribution < 1.29 is 28.6 Å². The number of carbonyl (C=O) groups excluding carboxylic acids is 3. The van der Waals surface area contributed by atoms with Crippen LogP contribution in [0.25, 0.3) is 0 Å². The molecule has 0 spiro atoms. The van der Waals surface area contributed by atoms with Gasteiger partial charge in [0.25, 0.3) is 0 Å². The number of ether oxygens (including phenoxy) is 3. The van der Waals surface area contributed by atoms with E-state index in [1.54, 1.807) is 0 Å². The Morgan fingerprint density at radius 1 is 0.304 bits per heavy atom. The van der Waals surface area contributed by atoms with Gasteiger partial charge in [-0.1, -0.05) is 288 Å². The molecule has 0 N–H and O–H groups in total. The molecule has 6 nitrogen and oxygen atoms in total. The fourth-order valence-electron chi connectivity index (χ4n) is 8.85. The van der Waals surface area contributed by atoms with Crippen LogP contribution < -0.4 is 0 Å². The van der Waals surface area contributed by atoms with Crippen LogP contribution in [0.5, 0.6) is 0 Å². The van der Waals surface area contributed by atoms with Crippen LogP contribution in [-0.4, -0.2) is 37.2 Å². The molecule has 0 aliphatic heterocycles. The number of unbranched alkanes of at least 4 members (excludes halogenated alkanes) is 36. The predicted octanol–water partition coefficient (Wildman–Crippen LogP) is 20.2. The Morgan fingerprint density at radius 3 is 0.884 bits per heavy atom. The van der Waals surface area contributed by atoms with Crippen LogP contribution in [0.2, 0.25) is 0 Å². The molecule has 0 aliphatic rings. The number of esters is 3. The first-order chi connectivity index (χ1) is 34.0. The van der Waals surface area contributed by atoms with Crippen LogP contribution in [0.1, 0.15) is 316 Å². The van der Waals surface area contributed by atoms with Gasteiger partial charge in [-0.3, -0.25) is 14.4 Å². The minimum absolute atomic E-state index is 0.0858. The SMILES string of the molecule is CC/C=C\C/C=C\C/C=C\C/C=C\CCCCC(=O)OC(COC(=O)CCCCCCCCCCCC)COC(=O)CCCCCCCCCCCCCCCCCCCCCCCCCCCC. The van der Waals surface area contributed by atoms with E-state index in [1.807, 2.05) is 0 Å². The van der Waals surface area contributed by atoms with E-state index in [4.69, 9.17) is 14.2 Å². The first kappa shape index (κ1) is 66.4. The topological polar surface area (TPSA) is 78.9 Å². The Balaban J connectivity index is 4.18. The van der Waals surface area contributed by atoms with E-state index in [-0.39, 0.29) is 37.5 Å². The second kappa shape index (κ2) is 57.9. The smallest absolute Gasteiger partial charge is 0.306 e. The van der Waals surface area contributed by atoms with E-state index in [9.17, 15) is 14.4 Å². The molecule has 0 heterocycles. The second-order valence-corrected chi connectivity index (χ2v) is 20.2. The van der Waals surface area contributed by atoms with E-state index >= 15 is 0 Å². The molecule has 0 saturated carbocycles. The summed E-state index contributed by atoms with van der Waals surface area (Å²) >= 11 is 0. The van der Waals surface area contributed by atoms with Crippen molar-refractivity contribution in [3.63, 3.8) is 0 Å². The van der Waals surface area contributed by atoms with Gasteiger partial charge in [0, 0.05) is 19.3 Å². The zero-order valence-corrected chi connectivity index (χ0v) is 46.1. The predicted molar refractivity (Wildman–Crippen MR) is 298 cm³/mol. The molecule has 0 fully saturated rings. The number of hydrogen-bond donors (Lipinski definition) is 0. The summed E-state index contributed by atoms with van der Waals surface area (Å²) in [7, 11) is 0. The van der Waals surface area contributed by atoms with Crippen LogP contribution >= 0.6 is 0 Å². The third-order valence-corrected chi connectivity index (χ3v) is 13.3. The molecule has 402 valence electrons. The molecule has 1 atom stereocenters. The van der Waals surface area contributed by atoms with Crippen molar-refractivity contribution in [1.29, 1.82) is 0 Å². The fourth-order valence-corrected chi connectivity index (χ4v) is 8.85. The van der Waals surface area contributed by atoms with E-state index in [0.717, 1.165) is 77.0 Å². The highest BCUT2D eigenvalue weighted by Crippen LogP contribution is 2.17. The van der Waals surface area contributed by atoms with Gasteiger partial charge in [0.2, 0.25) is 0 Å². The van der Waals surface area contributed by atoms with Crippen LogP contribution in [0.4, 0.5) is 0 Å². The van der Waals surface area contributed by atoms with Crippen molar-refractivity contribution >= 4 is 17.9 Å². The van der Waals surface area contributed by atoms with Gasteiger partial charge in [-0.25, -0.2) is 0 Å². The first-order valence-corrected chi connectivity index (χ1v) is 30.1. The van der Waals surface area contributed by atoms with Gasteiger partial charge in [0.05, 0.1) is 0 Å². The Kier molecular flexibility index (Phi) is 55.7. The van der Waals surface area contributed by atoms with Gasteiger partial charge in [-0.15, -0.1) is 0 Å². The summed E-state index contributed by atoms with van der Waals surface area (Å²) in [6.07, 6.45) is 71.4. The van der Waals surface area contributed by atoms with Gasteiger partial charge in [0.15, 0.2) is 6.10 Å². The molecule has 69 heavy (non-hydrogen) atoms. The molecule has 0 bridgehead atoms. The highest BCUT2D eigenvalue weighted by Gasteiger charge is 2.19. The summed E-state index contributed by atoms with van der Waals surface area (Å²) < 4.78 is 16.8. The number of carbonyl (C=O) groups is 3. The molecule has 0 aromatic carbocycles. The highest BCUT2D eigenvalue weighted by molar-refractivity contribution is 5.71. The van der Waals surface area contributed by atoms with Gasteiger partial charge < -0.3 is 14.2 Å². The van der Waals surface area contributed by atoms with E-state index in [0.29, 0.717) is 19.3 Å². The highest BCUT2D eigenvalue weighted by atomic mass is 16.6. The second-order valence-electron chi connectivity index (χ2n) is 20.2. The van der Waals surface area contributed by atoms with Gasteiger partial charge in [-0.05, 0) is 57.8 Å². The lowest BCUT2D eigenvalue weighted by Crippen LogP contribution is -2.30. The van der Waals surface area contributed by atoms with Gasteiger partial charge >= 0.3 is 17.9 Å². The average molecular weight is 968 g/mol. The van der Waals surface area contributed by atoms with E-state index in [2.05, 4.69) is 69.4 Å². The van der Waals surface area contributed by atoms with Crippen molar-refractivity contribution in [3.05, 3.63) is 48.6 Å². The summed E-state index contributed by atoms with van der Waals surface area (Å²) in [4.78, 5) is 38.1. The lowest BCUT2D eigenvalue weighted by molar-refractivity contribution is -0.167. The average Bonchev–Trinajstić information content (AvgIpc) is 3.35. The molecule has 0 aromatic rings. The quantitative estimate of drug-likeness (QED) is 0.0262. The van der Waals surface area contributed by atoms with Crippen LogP contribution in [0.15, 0.2) is 48.6 Å². The van der Waals surface area contributed by atoms with Crippen molar-refractivity contribution in [2.45, 2.75) is 322 Å². The van der Waals surface area contributed by atoms with Crippen molar-refractivity contribution in [2.24, 2.45) is 0 Å². The monoisotopic (exact) mass is 967 g/mol. The first-order valence-electron chi connectivity index (χ1n) is 30.1. The van der Waals surface area contributed by atoms with Crippen LogP contribution in [0, 0.1) is 0 Å². The maximum absolute atomic E-state index is 12.8. The van der Waals surface area contributed by atoms with Crippen molar-refractivity contribution in [3.8, 4) is 0 Å². The van der Waals surface area contributed by atoms with Crippen molar-refractivity contribution in [1.82, 2.24) is 0 Å². The maximum atomic E-state index is 12.8. The third-order valence-electron chi connectivity index (χ3n) is 13.3. The molecule has 0 aliphatic carbocycles. The molecule has 0 radical (unpaired) electrons. The van der Waals surface area contributed by atoms with Gasteiger partial charge in [0.1, 0.15) is 13.2 Å². The molecule has 0 saturated heterocycles. The minimum atomic E-state index is -0.790. The fraction of sp³-hybridized carbons (Fsp3) is 0.825. The maximum Gasteiger partial charge on any atom is 0.306 e. The third kappa shape index (κ3) is 56.2. The lowest BCUT2D eigenvalue weighted by Gasteiger charge is -2.18. The van der Waals surface area contributed by atoms with Crippen molar-refractivity contribution in [2.75, 3.05) is 13.2 Å². The van der Waals surface area contributed by atoms with E-state index < -0.39 is 6.10 Å². The normalized spacial score (nSPS) is 12.3. The molecule has 6 heteroatoms. The Morgan fingerprint density at radius 2 is 0.565 bits per heavy atom. The molecule has 0 aromatic heterocycles. The number of allylic oxidation sites excluding steroid dienone is 8. The standard InChI is InChI=1S/C63H114O6/c1-4-7-10-13-16-19-22-24-26-27-28-29-30-31-32-33-34-35-36-38-39-41-44-47-50-53-56-62(65)68-59-60(58-67-61(64)55-52-49-46-43-21-18-15-12-9-6-3)69-63(66)57-54-51-48-45-42-40-37-25-23-20-17-14-11-8-5-2/h8,11,17,20,25,37,42,45,60H,4-7,9-10,12-16,18-19,21-24,26-36,38-41,43-44,46-59H2,1-3H3/b11-8-,20-17-,37-25-,45-42-. The van der Waals surface area contributed by atoms with Gasteiger partial charge in [-0.2, -0.15) is 0 Å². The Labute approximate surface area is 428 Å². The Bertz CT molecular complexity index is 1200. The summed E-state index contributed by atoms with van der Waals surface area (Å²) in [5, 5.41) is 0. The number of hydrogen-bond acceptors (Lipinski definition) is 6.